The molecule has 1 aliphatic heterocycles. The van der Waals surface area contributed by atoms with Crippen LogP contribution < -0.4 is 19.7 Å². The van der Waals surface area contributed by atoms with Gasteiger partial charge in [0.15, 0.2) is 11.5 Å². The second-order valence-corrected chi connectivity index (χ2v) is 8.99. The molecule has 1 aliphatic rings. The highest BCUT2D eigenvalue weighted by atomic mass is 35.5. The summed E-state index contributed by atoms with van der Waals surface area (Å²) < 4.78 is 11.4. The van der Waals surface area contributed by atoms with E-state index in [1.165, 1.54) is 19.3 Å². The van der Waals surface area contributed by atoms with Gasteiger partial charge >= 0.3 is 6.03 Å². The molecule has 1 fully saturated rings. The van der Waals surface area contributed by atoms with Gasteiger partial charge in [0, 0.05) is 5.02 Å². The molecule has 7 nitrogen and oxygen atoms in total. The number of ether oxygens (including phenoxy) is 2. The fourth-order valence-corrected chi connectivity index (χ4v) is 4.16. The van der Waals surface area contributed by atoms with Crippen LogP contribution in [0.2, 0.25) is 5.02 Å². The summed E-state index contributed by atoms with van der Waals surface area (Å²) in [7, 11) is 1.51. The highest BCUT2D eigenvalue weighted by molar-refractivity contribution is 6.39. The summed E-state index contributed by atoms with van der Waals surface area (Å²) in [5, 5.41) is 2.61. The Balaban J connectivity index is 1.60. The summed E-state index contributed by atoms with van der Waals surface area (Å²) in [5.41, 5.74) is 4.73. The number of benzene rings is 3. The van der Waals surface area contributed by atoms with Crippen LogP contribution in [0.4, 0.5) is 10.5 Å². The van der Waals surface area contributed by atoms with Crippen molar-refractivity contribution < 1.29 is 23.9 Å². The maximum absolute atomic E-state index is 13.2. The molecular weight excluding hydrogens is 480 g/mol. The number of carbonyl (C=O) groups excluding carboxylic acids is 3. The van der Waals surface area contributed by atoms with Crippen LogP contribution in [0.1, 0.15) is 27.8 Å². The Bertz CT molecular complexity index is 1390. The number of urea groups is 1. The topological polar surface area (TPSA) is 84.9 Å². The quantitative estimate of drug-likeness (QED) is 0.353. The number of hydrogen-bond donors (Lipinski definition) is 1. The van der Waals surface area contributed by atoms with Crippen molar-refractivity contribution in [2.24, 2.45) is 0 Å². The number of imide groups is 2. The number of rotatable bonds is 6. The van der Waals surface area contributed by atoms with Crippen LogP contribution in [-0.2, 0) is 16.2 Å². The lowest BCUT2D eigenvalue weighted by Crippen LogP contribution is -2.54. The average Bonchev–Trinajstić information content (AvgIpc) is 2.82. The third kappa shape index (κ3) is 5.26. The van der Waals surface area contributed by atoms with Crippen molar-refractivity contribution >= 4 is 41.2 Å². The van der Waals surface area contributed by atoms with Crippen molar-refractivity contribution in [3.8, 4) is 11.5 Å². The predicted octanol–water partition coefficient (Wildman–Crippen LogP) is 5.52. The molecule has 4 amide bonds. The van der Waals surface area contributed by atoms with E-state index in [2.05, 4.69) is 23.5 Å². The third-order valence-corrected chi connectivity index (χ3v) is 6.10. The first kappa shape index (κ1) is 25.0. The maximum Gasteiger partial charge on any atom is 0.335 e. The minimum Gasteiger partial charge on any atom is -0.493 e. The molecule has 1 heterocycles. The molecule has 0 unspecified atom stereocenters. The largest absolute Gasteiger partial charge is 0.493 e. The molecule has 0 aromatic heterocycles. The zero-order chi connectivity index (χ0) is 26.0. The van der Waals surface area contributed by atoms with Crippen LogP contribution in [0.5, 0.6) is 11.5 Å². The van der Waals surface area contributed by atoms with Crippen molar-refractivity contribution in [3.63, 3.8) is 0 Å². The normalized spacial score (nSPS) is 14.8. The molecule has 1 N–H and O–H groups in total. The number of nitrogens with one attached hydrogen (secondary N) is 1. The van der Waals surface area contributed by atoms with Crippen molar-refractivity contribution in [3.05, 3.63) is 93.0 Å². The van der Waals surface area contributed by atoms with E-state index < -0.39 is 17.8 Å². The van der Waals surface area contributed by atoms with Gasteiger partial charge in [-0.25, -0.2) is 9.69 Å². The number of carbonyl (C=O) groups is 3. The molecule has 36 heavy (non-hydrogen) atoms. The molecule has 0 spiro atoms. The lowest BCUT2D eigenvalue weighted by atomic mass is 10.1. The third-order valence-electron chi connectivity index (χ3n) is 5.69. The molecule has 1 saturated heterocycles. The molecule has 0 radical (unpaired) electrons. The zero-order valence-corrected chi connectivity index (χ0v) is 21.1. The van der Waals surface area contributed by atoms with Crippen LogP contribution in [0.15, 0.2) is 60.2 Å². The number of aryl methyl sites for hydroxylation is 3. The first-order valence-electron chi connectivity index (χ1n) is 11.2. The van der Waals surface area contributed by atoms with Crippen LogP contribution in [0, 0.1) is 20.8 Å². The van der Waals surface area contributed by atoms with Gasteiger partial charge < -0.3 is 9.47 Å². The predicted molar refractivity (Wildman–Crippen MR) is 138 cm³/mol. The van der Waals surface area contributed by atoms with Gasteiger partial charge in [0.25, 0.3) is 11.8 Å². The smallest absolute Gasteiger partial charge is 0.335 e. The number of anilines is 1. The van der Waals surface area contributed by atoms with Gasteiger partial charge in [-0.15, -0.1) is 0 Å². The maximum atomic E-state index is 13.2. The highest BCUT2D eigenvalue weighted by Gasteiger charge is 2.37. The summed E-state index contributed by atoms with van der Waals surface area (Å²) in [5.74, 6) is -0.577. The number of amides is 4. The average molecular weight is 505 g/mol. The van der Waals surface area contributed by atoms with Gasteiger partial charge in [-0.3, -0.25) is 14.9 Å². The lowest BCUT2D eigenvalue weighted by molar-refractivity contribution is -0.122. The number of nitrogens with zero attached hydrogens (tertiary/aromatic N) is 1. The second kappa shape index (κ2) is 10.3. The van der Waals surface area contributed by atoms with Gasteiger partial charge in [0.05, 0.1) is 12.8 Å². The van der Waals surface area contributed by atoms with Gasteiger partial charge in [-0.2, -0.15) is 0 Å². The Morgan fingerprint density at radius 2 is 1.64 bits per heavy atom. The van der Waals surface area contributed by atoms with Crippen molar-refractivity contribution in [2.75, 3.05) is 12.0 Å². The van der Waals surface area contributed by atoms with Crippen LogP contribution in [-0.4, -0.2) is 25.0 Å². The van der Waals surface area contributed by atoms with E-state index in [0.29, 0.717) is 28.7 Å². The fraction of sp³-hybridized carbons (Fsp3) is 0.179. The Kier molecular flexibility index (Phi) is 7.12. The van der Waals surface area contributed by atoms with E-state index in [0.717, 1.165) is 27.2 Å². The molecule has 0 bridgehead atoms. The van der Waals surface area contributed by atoms with Crippen molar-refractivity contribution in [1.82, 2.24) is 5.32 Å². The van der Waals surface area contributed by atoms with Crippen LogP contribution >= 0.6 is 11.6 Å². The summed E-state index contributed by atoms with van der Waals surface area (Å²) >= 11 is 6.17. The Labute approximate surface area is 214 Å². The molecule has 3 aromatic rings. The molecule has 0 atom stereocenters. The number of halogens is 1. The van der Waals surface area contributed by atoms with E-state index >= 15 is 0 Å². The Morgan fingerprint density at radius 3 is 2.31 bits per heavy atom. The van der Waals surface area contributed by atoms with Crippen molar-refractivity contribution in [2.45, 2.75) is 27.4 Å². The first-order chi connectivity index (χ1) is 17.2. The number of hydrogen-bond acceptors (Lipinski definition) is 5. The van der Waals surface area contributed by atoms with Gasteiger partial charge in [0.1, 0.15) is 12.2 Å². The van der Waals surface area contributed by atoms with Crippen LogP contribution in [0.3, 0.4) is 0 Å². The molecule has 4 rings (SSSR count). The Hall–Kier alpha value is -4.10. The first-order valence-corrected chi connectivity index (χ1v) is 11.6. The van der Waals surface area contributed by atoms with E-state index in [-0.39, 0.29) is 11.3 Å². The molecule has 3 aromatic carbocycles. The molecular formula is C28H25ClN2O5. The van der Waals surface area contributed by atoms with Crippen LogP contribution in [0.25, 0.3) is 6.08 Å². The number of barbiturate groups is 1. The van der Waals surface area contributed by atoms with Gasteiger partial charge in [-0.1, -0.05) is 53.1 Å². The minimum atomic E-state index is -0.838. The van der Waals surface area contributed by atoms with E-state index in [1.54, 1.807) is 30.3 Å². The summed E-state index contributed by atoms with van der Waals surface area (Å²) in [6.45, 7) is 6.23. The molecule has 184 valence electrons. The summed E-state index contributed by atoms with van der Waals surface area (Å²) in [6.07, 6.45) is 1.41. The summed E-state index contributed by atoms with van der Waals surface area (Å²) in [6, 6.07) is 15.2. The molecule has 0 aliphatic carbocycles. The van der Waals surface area contributed by atoms with E-state index in [4.69, 9.17) is 21.1 Å². The minimum absolute atomic E-state index is 0.197. The highest BCUT2D eigenvalue weighted by Crippen LogP contribution is 2.31. The Morgan fingerprint density at radius 1 is 0.917 bits per heavy atom. The number of methoxy groups -OCH3 is 1. The molecule has 8 heteroatoms. The van der Waals surface area contributed by atoms with E-state index in [9.17, 15) is 14.4 Å². The zero-order valence-electron chi connectivity index (χ0n) is 20.3. The summed E-state index contributed by atoms with van der Waals surface area (Å²) in [4.78, 5) is 39.0. The van der Waals surface area contributed by atoms with Gasteiger partial charge in [0.2, 0.25) is 0 Å². The van der Waals surface area contributed by atoms with E-state index in [1.807, 2.05) is 20.8 Å². The standard InChI is InChI=1S/C28H25ClN2O5/c1-16-9-17(2)11-20(10-16)15-36-24-8-6-19(13-25(24)35-4)12-22-26(32)30-28(34)31(27(22)33)21-7-5-18(3)23(29)14-21/h5-14H,15H2,1-4H3,(H,30,32,34)/b22-12+. The van der Waals surface area contributed by atoms with Gasteiger partial charge in [-0.05, 0) is 67.8 Å². The van der Waals surface area contributed by atoms with Crippen molar-refractivity contribution in [1.29, 1.82) is 0 Å². The lowest BCUT2D eigenvalue weighted by Gasteiger charge is -2.26. The fourth-order valence-electron chi connectivity index (χ4n) is 3.99. The second-order valence-electron chi connectivity index (χ2n) is 8.59. The SMILES string of the molecule is COc1cc(/C=C2\C(=O)NC(=O)N(c3ccc(C)c(Cl)c3)C2=O)ccc1OCc1cc(C)cc(C)c1. The molecule has 0 saturated carbocycles. The monoisotopic (exact) mass is 504 g/mol.